The van der Waals surface area contributed by atoms with Crippen molar-refractivity contribution in [3.05, 3.63) is 52.2 Å². The van der Waals surface area contributed by atoms with Crippen LogP contribution in [0.15, 0.2) is 35.1 Å². The number of fused-ring (bicyclic) bond motifs is 2. The molecule has 1 aliphatic rings. The van der Waals surface area contributed by atoms with Crippen LogP contribution in [0.5, 0.6) is 0 Å². The summed E-state index contributed by atoms with van der Waals surface area (Å²) in [5, 5.41) is 5.35. The minimum atomic E-state index is -0.124. The average Bonchev–Trinajstić information content (AvgIpc) is 3.26. The molecule has 4 aromatic rings. The van der Waals surface area contributed by atoms with Crippen LogP contribution in [-0.2, 0) is 0 Å². The predicted octanol–water partition coefficient (Wildman–Crippen LogP) is 2.72. The number of aromatic amines is 1. The maximum Gasteiger partial charge on any atom is 0.275 e. The van der Waals surface area contributed by atoms with E-state index in [0.717, 1.165) is 53.6 Å². The molecule has 7 nitrogen and oxygen atoms in total. The highest BCUT2D eigenvalue weighted by atomic mass is 32.1. The van der Waals surface area contributed by atoms with E-state index >= 15 is 0 Å². The molecule has 26 heavy (non-hydrogen) atoms. The largest absolute Gasteiger partial charge is 0.346 e. The number of aryl methyl sites for hydroxylation is 1. The van der Waals surface area contributed by atoms with Crippen LogP contribution in [0.3, 0.4) is 0 Å². The summed E-state index contributed by atoms with van der Waals surface area (Å²) in [5.74, 6) is 1.36. The maximum absolute atomic E-state index is 12.1. The van der Waals surface area contributed by atoms with Gasteiger partial charge in [0.25, 0.3) is 5.56 Å². The Kier molecular flexibility index (Phi) is 3.53. The molecule has 5 rings (SSSR count). The number of H-pyrrole nitrogens is 1. The van der Waals surface area contributed by atoms with Gasteiger partial charge < -0.3 is 9.88 Å². The minimum absolute atomic E-state index is 0.124. The van der Waals surface area contributed by atoms with Crippen LogP contribution in [0.2, 0.25) is 0 Å². The standard InChI is InChI=1S/C18H18N6OS/c1-11-9-15(25)24-17(19-11)26-18(22-24)23-8-4-5-12(10-23)16-20-13-6-2-3-7-14(13)21-16/h2-3,6-7,9,12H,4-5,8,10H2,1H3,(H,20,21). The number of nitrogens with zero attached hydrogens (tertiary/aromatic N) is 5. The molecule has 0 amide bonds. The Balaban J connectivity index is 1.47. The summed E-state index contributed by atoms with van der Waals surface area (Å²) in [4.78, 5) is 27.7. The number of hydrogen-bond acceptors (Lipinski definition) is 6. The number of piperidine rings is 1. The Morgan fingerprint density at radius 3 is 3.04 bits per heavy atom. The minimum Gasteiger partial charge on any atom is -0.346 e. The van der Waals surface area contributed by atoms with E-state index in [1.165, 1.54) is 21.9 Å². The van der Waals surface area contributed by atoms with E-state index in [0.29, 0.717) is 10.9 Å². The lowest BCUT2D eigenvalue weighted by Crippen LogP contribution is -2.34. The van der Waals surface area contributed by atoms with Crippen LogP contribution in [0, 0.1) is 6.92 Å². The zero-order chi connectivity index (χ0) is 17.7. The molecule has 0 radical (unpaired) electrons. The fourth-order valence-corrected chi connectivity index (χ4v) is 4.57. The highest BCUT2D eigenvalue weighted by Crippen LogP contribution is 2.31. The third-order valence-corrected chi connectivity index (χ3v) is 5.82. The molecule has 1 fully saturated rings. The summed E-state index contributed by atoms with van der Waals surface area (Å²) >= 11 is 1.47. The SMILES string of the molecule is Cc1cc(=O)n2nc(N3CCCC(c4nc5ccccc5[nH]4)C3)sc2n1. The van der Waals surface area contributed by atoms with Crippen molar-refractivity contribution in [2.75, 3.05) is 18.0 Å². The first-order valence-corrected chi connectivity index (χ1v) is 9.56. The van der Waals surface area contributed by atoms with Crippen molar-refractivity contribution in [2.24, 2.45) is 0 Å². The summed E-state index contributed by atoms with van der Waals surface area (Å²) in [6, 6.07) is 9.63. The monoisotopic (exact) mass is 366 g/mol. The van der Waals surface area contributed by atoms with Crippen molar-refractivity contribution >= 4 is 32.5 Å². The van der Waals surface area contributed by atoms with Gasteiger partial charge in [0, 0.05) is 30.8 Å². The van der Waals surface area contributed by atoms with Gasteiger partial charge in [-0.3, -0.25) is 4.79 Å². The number of imidazole rings is 1. The molecule has 1 unspecified atom stereocenters. The van der Waals surface area contributed by atoms with Crippen molar-refractivity contribution < 1.29 is 0 Å². The second kappa shape index (κ2) is 5.91. The maximum atomic E-state index is 12.1. The summed E-state index contributed by atoms with van der Waals surface area (Å²) in [5.41, 5.74) is 2.68. The van der Waals surface area contributed by atoms with Crippen LogP contribution in [0.1, 0.15) is 30.3 Å². The van der Waals surface area contributed by atoms with Crippen LogP contribution in [0.25, 0.3) is 16.0 Å². The second-order valence-corrected chi connectivity index (χ2v) is 7.67. The van der Waals surface area contributed by atoms with Gasteiger partial charge >= 0.3 is 0 Å². The van der Waals surface area contributed by atoms with Gasteiger partial charge in [-0.1, -0.05) is 23.5 Å². The normalized spacial score (nSPS) is 18.0. The molecule has 8 heteroatoms. The number of anilines is 1. The molecule has 0 aliphatic carbocycles. The third-order valence-electron chi connectivity index (χ3n) is 4.85. The van der Waals surface area contributed by atoms with Crippen molar-refractivity contribution in [2.45, 2.75) is 25.7 Å². The number of para-hydroxylation sites is 2. The molecule has 0 bridgehead atoms. The lowest BCUT2D eigenvalue weighted by molar-refractivity contribution is 0.493. The number of benzene rings is 1. The van der Waals surface area contributed by atoms with Crippen LogP contribution >= 0.6 is 11.3 Å². The molecule has 3 aromatic heterocycles. The number of aromatic nitrogens is 5. The van der Waals surface area contributed by atoms with E-state index in [1.807, 2.05) is 25.1 Å². The van der Waals surface area contributed by atoms with E-state index in [4.69, 9.17) is 4.98 Å². The summed E-state index contributed by atoms with van der Waals surface area (Å²) in [6.07, 6.45) is 2.16. The second-order valence-electron chi connectivity index (χ2n) is 6.74. The Labute approximate surface area is 153 Å². The molecule has 0 saturated carbocycles. The van der Waals surface area contributed by atoms with E-state index in [1.54, 1.807) is 0 Å². The van der Waals surface area contributed by atoms with Crippen LogP contribution in [-0.4, -0.2) is 37.7 Å². The molecule has 1 saturated heterocycles. The van der Waals surface area contributed by atoms with Gasteiger partial charge in [0.1, 0.15) is 5.82 Å². The molecular weight excluding hydrogens is 348 g/mol. The van der Waals surface area contributed by atoms with Crippen molar-refractivity contribution in [1.29, 1.82) is 0 Å². The van der Waals surface area contributed by atoms with Gasteiger partial charge in [0.05, 0.1) is 11.0 Å². The Bertz CT molecular complexity index is 1130. The van der Waals surface area contributed by atoms with Crippen molar-refractivity contribution in [1.82, 2.24) is 24.6 Å². The van der Waals surface area contributed by atoms with E-state index in [-0.39, 0.29) is 5.56 Å². The molecule has 1 N–H and O–H groups in total. The lowest BCUT2D eigenvalue weighted by Gasteiger charge is -2.31. The van der Waals surface area contributed by atoms with Gasteiger partial charge in [-0.15, -0.1) is 5.10 Å². The molecule has 132 valence electrons. The fourth-order valence-electron chi connectivity index (χ4n) is 3.58. The summed E-state index contributed by atoms with van der Waals surface area (Å²) in [6.45, 7) is 3.61. The van der Waals surface area contributed by atoms with Crippen molar-refractivity contribution in [3.8, 4) is 0 Å². The first-order valence-electron chi connectivity index (χ1n) is 8.74. The van der Waals surface area contributed by atoms with Crippen LogP contribution < -0.4 is 10.5 Å². The van der Waals surface area contributed by atoms with Gasteiger partial charge in [-0.2, -0.15) is 4.52 Å². The van der Waals surface area contributed by atoms with E-state index in [9.17, 15) is 4.79 Å². The zero-order valence-corrected chi connectivity index (χ0v) is 15.2. The third kappa shape index (κ3) is 2.57. The number of nitrogens with one attached hydrogen (secondary N) is 1. The van der Waals surface area contributed by atoms with Crippen molar-refractivity contribution in [3.63, 3.8) is 0 Å². The Morgan fingerprint density at radius 2 is 2.15 bits per heavy atom. The molecule has 1 aromatic carbocycles. The van der Waals surface area contributed by atoms with Gasteiger partial charge in [0.2, 0.25) is 10.1 Å². The lowest BCUT2D eigenvalue weighted by atomic mass is 9.98. The fraction of sp³-hybridized carbons (Fsp3) is 0.333. The zero-order valence-electron chi connectivity index (χ0n) is 14.3. The molecular formula is C18H18N6OS. The first kappa shape index (κ1) is 15.5. The Hall–Kier alpha value is -2.74. The molecule has 1 atom stereocenters. The molecule has 0 spiro atoms. The summed E-state index contributed by atoms with van der Waals surface area (Å²) < 4.78 is 1.40. The topological polar surface area (TPSA) is 79.2 Å². The van der Waals surface area contributed by atoms with E-state index in [2.05, 4.69) is 26.0 Å². The average molecular weight is 366 g/mol. The summed E-state index contributed by atoms with van der Waals surface area (Å²) in [7, 11) is 0. The predicted molar refractivity (Wildman–Crippen MR) is 102 cm³/mol. The highest BCUT2D eigenvalue weighted by molar-refractivity contribution is 7.20. The van der Waals surface area contributed by atoms with Crippen LogP contribution in [0.4, 0.5) is 5.13 Å². The van der Waals surface area contributed by atoms with E-state index < -0.39 is 0 Å². The van der Waals surface area contributed by atoms with Gasteiger partial charge in [-0.05, 0) is 31.9 Å². The number of rotatable bonds is 2. The van der Waals surface area contributed by atoms with Gasteiger partial charge in [0.15, 0.2) is 0 Å². The smallest absolute Gasteiger partial charge is 0.275 e. The van der Waals surface area contributed by atoms with Gasteiger partial charge in [-0.25, -0.2) is 9.97 Å². The highest BCUT2D eigenvalue weighted by Gasteiger charge is 2.26. The quantitative estimate of drug-likeness (QED) is 0.590. The first-order chi connectivity index (χ1) is 12.7. The number of hydrogen-bond donors (Lipinski definition) is 1. The molecule has 4 heterocycles. The Morgan fingerprint density at radius 1 is 1.27 bits per heavy atom. The molecule has 1 aliphatic heterocycles.